The van der Waals surface area contributed by atoms with Crippen LogP contribution in [0.2, 0.25) is 0 Å². The van der Waals surface area contributed by atoms with Gasteiger partial charge in [-0.3, -0.25) is 4.98 Å². The molecular weight excluding hydrogens is 200 g/mol. The number of nitrogens with zero attached hydrogens (tertiary/aromatic N) is 1. The van der Waals surface area contributed by atoms with Crippen molar-refractivity contribution >= 4 is 0 Å². The van der Waals surface area contributed by atoms with Crippen molar-refractivity contribution in [2.24, 2.45) is 5.92 Å². The van der Waals surface area contributed by atoms with Gasteiger partial charge in [0.05, 0.1) is 6.20 Å². The molecule has 0 saturated heterocycles. The van der Waals surface area contributed by atoms with Crippen molar-refractivity contribution in [3.63, 3.8) is 0 Å². The summed E-state index contributed by atoms with van der Waals surface area (Å²) in [6.45, 7) is 8.26. The first kappa shape index (κ1) is 13.0. The molecule has 3 heteroatoms. The van der Waals surface area contributed by atoms with Gasteiger partial charge >= 0.3 is 0 Å². The molecule has 1 heterocycles. The van der Waals surface area contributed by atoms with Gasteiger partial charge in [-0.1, -0.05) is 13.8 Å². The van der Waals surface area contributed by atoms with Gasteiger partial charge in [-0.2, -0.15) is 0 Å². The van der Waals surface area contributed by atoms with Crippen LogP contribution in [-0.4, -0.2) is 24.2 Å². The summed E-state index contributed by atoms with van der Waals surface area (Å²) in [5.74, 6) is 1.57. The van der Waals surface area contributed by atoms with Crippen LogP contribution < -0.4 is 10.1 Å². The average molecular weight is 222 g/mol. The third-order valence-electron chi connectivity index (χ3n) is 2.32. The van der Waals surface area contributed by atoms with Crippen LogP contribution in [0.25, 0.3) is 0 Å². The number of nitrogens with one attached hydrogen (secondary N) is 1. The summed E-state index contributed by atoms with van der Waals surface area (Å²) >= 11 is 0. The number of pyridine rings is 1. The fourth-order valence-electron chi connectivity index (χ4n) is 1.70. The van der Waals surface area contributed by atoms with E-state index in [1.807, 2.05) is 12.1 Å². The zero-order valence-electron chi connectivity index (χ0n) is 10.4. The normalized spacial score (nSPS) is 12.8. The number of aromatic nitrogens is 1. The van der Waals surface area contributed by atoms with Gasteiger partial charge in [-0.15, -0.1) is 0 Å². The van der Waals surface area contributed by atoms with Crippen LogP contribution in [0, 0.1) is 5.92 Å². The first-order valence-corrected chi connectivity index (χ1v) is 5.94. The molecule has 0 aliphatic rings. The van der Waals surface area contributed by atoms with Crippen molar-refractivity contribution in [2.75, 3.05) is 13.2 Å². The molecule has 0 spiro atoms. The van der Waals surface area contributed by atoms with Crippen LogP contribution in [0.3, 0.4) is 0 Å². The van der Waals surface area contributed by atoms with E-state index in [9.17, 15) is 0 Å². The Hall–Kier alpha value is -1.09. The van der Waals surface area contributed by atoms with Gasteiger partial charge in [0, 0.05) is 18.8 Å². The van der Waals surface area contributed by atoms with Gasteiger partial charge in [0.2, 0.25) is 0 Å². The summed E-state index contributed by atoms with van der Waals surface area (Å²) < 4.78 is 5.54. The predicted molar refractivity (Wildman–Crippen MR) is 66.7 cm³/mol. The van der Waals surface area contributed by atoms with E-state index in [1.165, 1.54) is 6.42 Å². The number of hydrogen-bond acceptors (Lipinski definition) is 3. The van der Waals surface area contributed by atoms with Crippen molar-refractivity contribution in [1.29, 1.82) is 0 Å². The fourth-order valence-corrected chi connectivity index (χ4v) is 1.70. The third kappa shape index (κ3) is 5.71. The van der Waals surface area contributed by atoms with Gasteiger partial charge in [-0.25, -0.2) is 0 Å². The Morgan fingerprint density at radius 3 is 2.81 bits per heavy atom. The summed E-state index contributed by atoms with van der Waals surface area (Å²) in [5.41, 5.74) is 0. The molecule has 0 saturated carbocycles. The van der Waals surface area contributed by atoms with Gasteiger partial charge < -0.3 is 10.1 Å². The van der Waals surface area contributed by atoms with Crippen LogP contribution in [0.4, 0.5) is 0 Å². The molecule has 0 bridgehead atoms. The van der Waals surface area contributed by atoms with Crippen LogP contribution in [0.15, 0.2) is 24.5 Å². The highest BCUT2D eigenvalue weighted by Gasteiger charge is 2.03. The second-order valence-corrected chi connectivity index (χ2v) is 4.52. The van der Waals surface area contributed by atoms with Crippen molar-refractivity contribution in [3.05, 3.63) is 24.5 Å². The number of hydrogen-bond donors (Lipinski definition) is 1. The van der Waals surface area contributed by atoms with Crippen molar-refractivity contribution in [3.8, 4) is 5.75 Å². The van der Waals surface area contributed by atoms with Gasteiger partial charge in [-0.05, 0) is 31.4 Å². The molecule has 90 valence electrons. The second kappa shape index (κ2) is 7.23. The highest BCUT2D eigenvalue weighted by Crippen LogP contribution is 2.06. The van der Waals surface area contributed by atoms with Crippen LogP contribution in [0.1, 0.15) is 27.2 Å². The van der Waals surface area contributed by atoms with E-state index < -0.39 is 0 Å². The zero-order chi connectivity index (χ0) is 11.8. The maximum absolute atomic E-state index is 5.54. The molecule has 0 fully saturated rings. The molecule has 16 heavy (non-hydrogen) atoms. The van der Waals surface area contributed by atoms with E-state index in [-0.39, 0.29) is 0 Å². The summed E-state index contributed by atoms with van der Waals surface area (Å²) in [6, 6.07) is 4.35. The van der Waals surface area contributed by atoms with Gasteiger partial charge in [0.1, 0.15) is 12.4 Å². The van der Waals surface area contributed by atoms with E-state index in [2.05, 4.69) is 31.1 Å². The van der Waals surface area contributed by atoms with Crippen molar-refractivity contribution in [1.82, 2.24) is 10.3 Å². The van der Waals surface area contributed by atoms with Gasteiger partial charge in [0.15, 0.2) is 0 Å². The van der Waals surface area contributed by atoms with Crippen molar-refractivity contribution in [2.45, 2.75) is 33.2 Å². The lowest BCUT2D eigenvalue weighted by Gasteiger charge is -2.15. The summed E-state index contributed by atoms with van der Waals surface area (Å²) in [7, 11) is 0. The average Bonchev–Trinajstić information content (AvgIpc) is 2.25. The lowest BCUT2D eigenvalue weighted by molar-refractivity contribution is 0.300. The van der Waals surface area contributed by atoms with Crippen LogP contribution in [0.5, 0.6) is 5.75 Å². The molecule has 3 nitrogen and oxygen atoms in total. The number of ether oxygens (including phenoxy) is 1. The molecule has 1 N–H and O–H groups in total. The molecule has 1 unspecified atom stereocenters. The van der Waals surface area contributed by atoms with Gasteiger partial charge in [0.25, 0.3) is 0 Å². The summed E-state index contributed by atoms with van der Waals surface area (Å²) in [5, 5.41) is 3.44. The SMILES string of the molecule is CC(C)CC(C)NCCOc1cccnc1. The first-order valence-electron chi connectivity index (χ1n) is 5.94. The molecule has 0 aliphatic carbocycles. The molecule has 0 aromatic carbocycles. The molecule has 0 aliphatic heterocycles. The Balaban J connectivity index is 2.08. The maximum atomic E-state index is 5.54. The molecular formula is C13H22N2O. The van der Waals surface area contributed by atoms with E-state index in [0.29, 0.717) is 12.6 Å². The minimum absolute atomic E-state index is 0.553. The minimum atomic E-state index is 0.553. The summed E-state index contributed by atoms with van der Waals surface area (Å²) in [6.07, 6.45) is 4.68. The highest BCUT2D eigenvalue weighted by molar-refractivity contribution is 5.15. The van der Waals surface area contributed by atoms with E-state index in [0.717, 1.165) is 18.2 Å². The van der Waals surface area contributed by atoms with Crippen LogP contribution >= 0.6 is 0 Å². The highest BCUT2D eigenvalue weighted by atomic mass is 16.5. The standard InChI is InChI=1S/C13H22N2O/c1-11(2)9-12(3)15-7-8-16-13-5-4-6-14-10-13/h4-6,10-12,15H,7-9H2,1-3H3. The van der Waals surface area contributed by atoms with E-state index >= 15 is 0 Å². The van der Waals surface area contributed by atoms with Crippen molar-refractivity contribution < 1.29 is 4.74 Å². The van der Waals surface area contributed by atoms with E-state index in [4.69, 9.17) is 4.74 Å². The maximum Gasteiger partial charge on any atom is 0.137 e. The third-order valence-corrected chi connectivity index (χ3v) is 2.32. The second-order valence-electron chi connectivity index (χ2n) is 4.52. The number of rotatable bonds is 7. The Morgan fingerprint density at radius 1 is 1.38 bits per heavy atom. The first-order chi connectivity index (χ1) is 7.68. The fraction of sp³-hybridized carbons (Fsp3) is 0.615. The topological polar surface area (TPSA) is 34.1 Å². The smallest absolute Gasteiger partial charge is 0.137 e. The quantitative estimate of drug-likeness (QED) is 0.720. The Bertz CT molecular complexity index is 275. The lowest BCUT2D eigenvalue weighted by atomic mass is 10.1. The molecule has 0 radical (unpaired) electrons. The van der Waals surface area contributed by atoms with Crippen LogP contribution in [-0.2, 0) is 0 Å². The predicted octanol–water partition coefficient (Wildman–Crippen LogP) is 2.48. The molecule has 1 aromatic heterocycles. The summed E-state index contributed by atoms with van der Waals surface area (Å²) in [4.78, 5) is 3.99. The minimum Gasteiger partial charge on any atom is -0.491 e. The molecule has 1 atom stereocenters. The zero-order valence-corrected chi connectivity index (χ0v) is 10.4. The lowest BCUT2D eigenvalue weighted by Crippen LogP contribution is -2.31. The Labute approximate surface area is 98.2 Å². The Kier molecular flexibility index (Phi) is 5.86. The molecule has 1 aromatic rings. The largest absolute Gasteiger partial charge is 0.491 e. The Morgan fingerprint density at radius 2 is 2.19 bits per heavy atom. The molecule has 0 amide bonds. The molecule has 1 rings (SSSR count). The van der Waals surface area contributed by atoms with E-state index in [1.54, 1.807) is 12.4 Å². The monoisotopic (exact) mass is 222 g/mol.